The molecule has 0 spiro atoms. The molecule has 0 aliphatic carbocycles. The van der Waals surface area contributed by atoms with Crippen molar-refractivity contribution in [1.82, 2.24) is 4.98 Å². The van der Waals surface area contributed by atoms with Crippen LogP contribution in [0.5, 0.6) is 0 Å². The highest BCUT2D eigenvalue weighted by molar-refractivity contribution is 7.09. The van der Waals surface area contributed by atoms with Gasteiger partial charge in [-0.05, 0) is 12.1 Å². The molecular formula is C10H7Cl2NOS. The van der Waals surface area contributed by atoms with E-state index >= 15 is 0 Å². The number of thiazole rings is 1. The smallest absolute Gasteiger partial charge is 0.119 e. The Morgan fingerprint density at radius 3 is 2.67 bits per heavy atom. The third kappa shape index (κ3) is 2.32. The molecular weight excluding hydrogens is 253 g/mol. The summed E-state index contributed by atoms with van der Waals surface area (Å²) in [5.74, 6) is 0. The third-order valence-corrected chi connectivity index (χ3v) is 3.47. The van der Waals surface area contributed by atoms with Crippen LogP contribution in [-0.4, -0.2) is 10.1 Å². The molecule has 15 heavy (non-hydrogen) atoms. The molecule has 2 nitrogen and oxygen atoms in total. The van der Waals surface area contributed by atoms with Gasteiger partial charge < -0.3 is 5.11 Å². The number of nitrogens with zero attached hydrogens (tertiary/aromatic N) is 1. The van der Waals surface area contributed by atoms with Crippen LogP contribution >= 0.6 is 34.5 Å². The molecule has 1 aromatic heterocycles. The maximum Gasteiger partial charge on any atom is 0.119 e. The second kappa shape index (κ2) is 4.49. The van der Waals surface area contributed by atoms with Gasteiger partial charge in [0.25, 0.3) is 0 Å². The molecule has 1 aromatic carbocycles. The largest absolute Gasteiger partial charge is 0.389 e. The fourth-order valence-electron chi connectivity index (χ4n) is 1.17. The maximum atomic E-state index is 8.90. The molecule has 78 valence electrons. The van der Waals surface area contributed by atoms with E-state index in [0.29, 0.717) is 15.1 Å². The van der Waals surface area contributed by atoms with Crippen molar-refractivity contribution in [2.45, 2.75) is 6.61 Å². The summed E-state index contributed by atoms with van der Waals surface area (Å²) in [6.07, 6.45) is 0. The van der Waals surface area contributed by atoms with Crippen molar-refractivity contribution in [3.63, 3.8) is 0 Å². The van der Waals surface area contributed by atoms with Crippen LogP contribution in [0, 0.1) is 0 Å². The zero-order valence-electron chi connectivity index (χ0n) is 7.58. The zero-order valence-corrected chi connectivity index (χ0v) is 9.90. The molecule has 0 atom stereocenters. The van der Waals surface area contributed by atoms with Gasteiger partial charge in [-0.3, -0.25) is 0 Å². The minimum Gasteiger partial charge on any atom is -0.389 e. The summed E-state index contributed by atoms with van der Waals surface area (Å²) >= 11 is 13.1. The van der Waals surface area contributed by atoms with Gasteiger partial charge in [-0.1, -0.05) is 29.3 Å². The molecule has 0 saturated heterocycles. The average molecular weight is 260 g/mol. The van der Waals surface area contributed by atoms with E-state index in [0.717, 1.165) is 11.3 Å². The number of rotatable bonds is 2. The van der Waals surface area contributed by atoms with Gasteiger partial charge in [0.1, 0.15) is 5.01 Å². The number of aromatic nitrogens is 1. The number of benzene rings is 1. The molecule has 2 aromatic rings. The van der Waals surface area contributed by atoms with E-state index < -0.39 is 0 Å². The standard InChI is InChI=1S/C10H7Cl2NOS/c11-7-2-1-6(3-8(7)12)9-5-15-10(4-14)13-9/h1-3,5,14H,4H2. The fourth-order valence-corrected chi connectivity index (χ4v) is 2.13. The summed E-state index contributed by atoms with van der Waals surface area (Å²) < 4.78 is 0. The lowest BCUT2D eigenvalue weighted by Crippen LogP contribution is -1.82. The Labute approximate surface area is 101 Å². The first kappa shape index (κ1) is 10.9. The van der Waals surface area contributed by atoms with E-state index in [2.05, 4.69) is 4.98 Å². The summed E-state index contributed by atoms with van der Waals surface area (Å²) in [7, 11) is 0. The van der Waals surface area contributed by atoms with Crippen LogP contribution in [0.15, 0.2) is 23.6 Å². The van der Waals surface area contributed by atoms with Gasteiger partial charge in [0.15, 0.2) is 0 Å². The minimum atomic E-state index is -0.0357. The highest BCUT2D eigenvalue weighted by Gasteiger charge is 2.05. The Kier molecular flexibility index (Phi) is 3.26. The van der Waals surface area contributed by atoms with Gasteiger partial charge in [0.05, 0.1) is 22.3 Å². The van der Waals surface area contributed by atoms with Gasteiger partial charge in [-0.2, -0.15) is 0 Å². The van der Waals surface area contributed by atoms with Gasteiger partial charge in [-0.15, -0.1) is 11.3 Å². The van der Waals surface area contributed by atoms with Crippen LogP contribution in [0.2, 0.25) is 10.0 Å². The fraction of sp³-hybridized carbons (Fsp3) is 0.100. The summed E-state index contributed by atoms with van der Waals surface area (Å²) in [4.78, 5) is 4.24. The van der Waals surface area contributed by atoms with E-state index in [1.807, 2.05) is 11.4 Å². The lowest BCUT2D eigenvalue weighted by molar-refractivity contribution is 0.281. The molecule has 5 heteroatoms. The lowest BCUT2D eigenvalue weighted by Gasteiger charge is -1.99. The minimum absolute atomic E-state index is 0.0357. The first-order chi connectivity index (χ1) is 7.20. The highest BCUT2D eigenvalue weighted by Crippen LogP contribution is 2.29. The quantitative estimate of drug-likeness (QED) is 0.894. The van der Waals surface area contributed by atoms with E-state index in [1.165, 1.54) is 11.3 Å². The van der Waals surface area contributed by atoms with Gasteiger partial charge >= 0.3 is 0 Å². The van der Waals surface area contributed by atoms with Crippen molar-refractivity contribution < 1.29 is 5.11 Å². The Morgan fingerprint density at radius 2 is 2.07 bits per heavy atom. The molecule has 0 aliphatic heterocycles. The summed E-state index contributed by atoms with van der Waals surface area (Å²) in [6.45, 7) is -0.0357. The van der Waals surface area contributed by atoms with E-state index in [4.69, 9.17) is 28.3 Å². The Morgan fingerprint density at radius 1 is 1.27 bits per heavy atom. The predicted octanol–water partition coefficient (Wildman–Crippen LogP) is 3.61. The SMILES string of the molecule is OCc1nc(-c2ccc(Cl)c(Cl)c2)cs1. The first-order valence-electron chi connectivity index (χ1n) is 4.21. The van der Waals surface area contributed by atoms with Crippen molar-refractivity contribution in [3.05, 3.63) is 38.6 Å². The van der Waals surface area contributed by atoms with Crippen LogP contribution in [0.4, 0.5) is 0 Å². The normalized spacial score (nSPS) is 10.6. The van der Waals surface area contributed by atoms with E-state index in [-0.39, 0.29) is 6.61 Å². The monoisotopic (exact) mass is 259 g/mol. The van der Waals surface area contributed by atoms with Crippen molar-refractivity contribution in [1.29, 1.82) is 0 Å². The highest BCUT2D eigenvalue weighted by atomic mass is 35.5. The van der Waals surface area contributed by atoms with Crippen molar-refractivity contribution in [2.75, 3.05) is 0 Å². The lowest BCUT2D eigenvalue weighted by atomic mass is 10.2. The topological polar surface area (TPSA) is 33.1 Å². The Bertz CT molecular complexity index is 484. The molecule has 1 N–H and O–H groups in total. The number of aliphatic hydroxyl groups is 1. The number of halogens is 2. The van der Waals surface area contributed by atoms with Crippen LogP contribution in [0.3, 0.4) is 0 Å². The average Bonchev–Trinajstić information content (AvgIpc) is 2.70. The summed E-state index contributed by atoms with van der Waals surface area (Å²) in [6, 6.07) is 5.35. The molecule has 0 saturated carbocycles. The number of aliphatic hydroxyl groups excluding tert-OH is 1. The molecule has 2 rings (SSSR count). The van der Waals surface area contributed by atoms with Crippen molar-refractivity contribution >= 4 is 34.5 Å². The van der Waals surface area contributed by atoms with Crippen molar-refractivity contribution in [2.24, 2.45) is 0 Å². The van der Waals surface area contributed by atoms with Gasteiger partial charge in [-0.25, -0.2) is 4.98 Å². The maximum absolute atomic E-state index is 8.90. The molecule has 0 unspecified atom stereocenters. The van der Waals surface area contributed by atoms with E-state index in [1.54, 1.807) is 12.1 Å². The number of hydrogen-bond acceptors (Lipinski definition) is 3. The summed E-state index contributed by atoms with van der Waals surface area (Å²) in [5.41, 5.74) is 1.71. The summed E-state index contributed by atoms with van der Waals surface area (Å²) in [5, 5.41) is 12.5. The zero-order chi connectivity index (χ0) is 10.8. The molecule has 0 aliphatic rings. The molecule has 0 amide bonds. The van der Waals surface area contributed by atoms with Gasteiger partial charge in [0, 0.05) is 10.9 Å². The Hall–Kier alpha value is -0.610. The number of hydrogen-bond donors (Lipinski definition) is 1. The van der Waals surface area contributed by atoms with Crippen LogP contribution < -0.4 is 0 Å². The molecule has 1 heterocycles. The van der Waals surface area contributed by atoms with Crippen LogP contribution in [0.1, 0.15) is 5.01 Å². The second-order valence-corrected chi connectivity index (χ2v) is 4.67. The van der Waals surface area contributed by atoms with Gasteiger partial charge in [0.2, 0.25) is 0 Å². The molecule has 0 fully saturated rings. The second-order valence-electron chi connectivity index (χ2n) is 2.91. The first-order valence-corrected chi connectivity index (χ1v) is 5.85. The molecule has 0 radical (unpaired) electrons. The predicted molar refractivity (Wildman–Crippen MR) is 63.5 cm³/mol. The van der Waals surface area contributed by atoms with Crippen molar-refractivity contribution in [3.8, 4) is 11.3 Å². The Balaban J connectivity index is 2.40. The van der Waals surface area contributed by atoms with Crippen LogP contribution in [0.25, 0.3) is 11.3 Å². The van der Waals surface area contributed by atoms with Crippen LogP contribution in [-0.2, 0) is 6.61 Å². The van der Waals surface area contributed by atoms with E-state index in [9.17, 15) is 0 Å². The third-order valence-electron chi connectivity index (χ3n) is 1.90. The molecule has 0 bridgehead atoms.